The number of hydrogen-bond acceptors (Lipinski definition) is 4. The van der Waals surface area contributed by atoms with Crippen molar-refractivity contribution in [3.05, 3.63) is 35.9 Å². The van der Waals surface area contributed by atoms with Gasteiger partial charge in [0.1, 0.15) is 11.7 Å². The topological polar surface area (TPSA) is 92.3 Å². The van der Waals surface area contributed by atoms with E-state index in [0.29, 0.717) is 0 Å². The fraction of sp³-hybridized carbons (Fsp3) is 0.375. The van der Waals surface area contributed by atoms with Crippen molar-refractivity contribution >= 4 is 23.6 Å². The van der Waals surface area contributed by atoms with E-state index in [1.807, 2.05) is 6.07 Å². The number of Topliss-reactive ketones (excluding diaryl/α,β-unsaturated/α-hetero) is 1. The molecule has 22 heavy (non-hydrogen) atoms. The molecule has 1 heterocycles. The molecule has 1 saturated heterocycles. The second kappa shape index (κ2) is 6.51. The van der Waals surface area contributed by atoms with Crippen molar-refractivity contribution in [1.82, 2.24) is 10.6 Å². The molecule has 1 atom stereocenters. The van der Waals surface area contributed by atoms with Crippen LogP contribution < -0.4 is 10.6 Å². The molecule has 1 aromatic carbocycles. The van der Waals surface area contributed by atoms with Gasteiger partial charge in [0.05, 0.1) is 0 Å². The van der Waals surface area contributed by atoms with Crippen LogP contribution in [0, 0.1) is 11.8 Å². The van der Waals surface area contributed by atoms with Crippen LogP contribution in [0.5, 0.6) is 0 Å². The lowest BCUT2D eigenvalue weighted by Crippen LogP contribution is -2.57. The van der Waals surface area contributed by atoms with Crippen molar-refractivity contribution in [3.8, 4) is 0 Å². The van der Waals surface area contributed by atoms with E-state index < -0.39 is 29.7 Å². The summed E-state index contributed by atoms with van der Waals surface area (Å²) in [5, 5.41) is 4.18. The average Bonchev–Trinajstić information content (AvgIpc) is 2.45. The van der Waals surface area contributed by atoms with Crippen molar-refractivity contribution in [1.29, 1.82) is 0 Å². The number of hydrogen-bond donors (Lipinski definition) is 2. The highest BCUT2D eigenvalue weighted by atomic mass is 16.2. The highest BCUT2D eigenvalue weighted by Crippen LogP contribution is 2.31. The SMILES string of the molecule is CC(C)C(=O)C[C@H](c1ccccc1)C1C(=O)NC(=O)NC1=O. The number of barbiturate groups is 1. The standard InChI is InChI=1S/C16H18N2O4/c1-9(2)12(19)8-11(10-6-4-3-5-7-10)13-14(20)17-16(22)18-15(13)21/h3-7,9,11,13H,8H2,1-2H3,(H2,17,18,20,21,22)/t11-/m1/s1. The van der Waals surface area contributed by atoms with Crippen LogP contribution in [-0.2, 0) is 14.4 Å². The zero-order valence-electron chi connectivity index (χ0n) is 12.5. The third-order valence-corrected chi connectivity index (χ3v) is 3.73. The first kappa shape index (κ1) is 15.9. The maximum absolute atomic E-state index is 12.1. The third kappa shape index (κ3) is 3.39. The molecule has 0 unspecified atom stereocenters. The summed E-state index contributed by atoms with van der Waals surface area (Å²) in [7, 11) is 0. The smallest absolute Gasteiger partial charge is 0.299 e. The van der Waals surface area contributed by atoms with Gasteiger partial charge in [0.25, 0.3) is 0 Å². The molecule has 0 aliphatic carbocycles. The van der Waals surface area contributed by atoms with Gasteiger partial charge in [-0.25, -0.2) is 4.79 Å². The quantitative estimate of drug-likeness (QED) is 0.803. The molecule has 2 N–H and O–H groups in total. The van der Waals surface area contributed by atoms with Gasteiger partial charge >= 0.3 is 6.03 Å². The summed E-state index contributed by atoms with van der Waals surface area (Å²) >= 11 is 0. The van der Waals surface area contributed by atoms with Gasteiger partial charge in [-0.1, -0.05) is 44.2 Å². The van der Waals surface area contributed by atoms with Crippen LogP contribution in [-0.4, -0.2) is 23.6 Å². The molecule has 0 saturated carbocycles. The van der Waals surface area contributed by atoms with Crippen molar-refractivity contribution in [3.63, 3.8) is 0 Å². The van der Waals surface area contributed by atoms with Crippen LogP contribution in [0.1, 0.15) is 31.7 Å². The van der Waals surface area contributed by atoms with Gasteiger partial charge < -0.3 is 0 Å². The second-order valence-electron chi connectivity index (χ2n) is 5.63. The van der Waals surface area contributed by atoms with Crippen LogP contribution >= 0.6 is 0 Å². The van der Waals surface area contributed by atoms with E-state index in [1.54, 1.807) is 38.1 Å². The molecule has 1 aliphatic heterocycles. The van der Waals surface area contributed by atoms with Gasteiger partial charge in [-0.2, -0.15) is 0 Å². The number of carbonyl (C=O) groups excluding carboxylic acids is 4. The fourth-order valence-corrected chi connectivity index (χ4v) is 2.48. The first-order chi connectivity index (χ1) is 10.4. The molecule has 6 heteroatoms. The Labute approximate surface area is 128 Å². The summed E-state index contributed by atoms with van der Waals surface area (Å²) in [6.45, 7) is 3.55. The summed E-state index contributed by atoms with van der Waals surface area (Å²) in [5.41, 5.74) is 0.723. The predicted octanol–water partition coefficient (Wildman–Crippen LogP) is 1.37. The fourth-order valence-electron chi connectivity index (χ4n) is 2.48. The van der Waals surface area contributed by atoms with Crippen molar-refractivity contribution in [2.24, 2.45) is 11.8 Å². The Kier molecular flexibility index (Phi) is 4.70. The Morgan fingerprint density at radius 2 is 1.59 bits per heavy atom. The van der Waals surface area contributed by atoms with Gasteiger partial charge in [0, 0.05) is 18.3 Å². The Morgan fingerprint density at radius 3 is 2.09 bits per heavy atom. The number of amides is 4. The van der Waals surface area contributed by atoms with Crippen LogP contribution in [0.4, 0.5) is 4.79 Å². The molecule has 0 radical (unpaired) electrons. The first-order valence-corrected chi connectivity index (χ1v) is 7.13. The first-order valence-electron chi connectivity index (χ1n) is 7.13. The number of benzene rings is 1. The monoisotopic (exact) mass is 302 g/mol. The van der Waals surface area contributed by atoms with E-state index >= 15 is 0 Å². The summed E-state index contributed by atoms with van der Waals surface area (Å²) in [6.07, 6.45) is 0.0708. The van der Waals surface area contributed by atoms with E-state index in [0.717, 1.165) is 5.56 Å². The number of ketones is 1. The lowest BCUT2D eigenvalue weighted by atomic mass is 9.79. The normalized spacial score (nSPS) is 17.1. The molecule has 0 spiro atoms. The summed E-state index contributed by atoms with van der Waals surface area (Å²) in [5.74, 6) is -3.25. The molecular formula is C16H18N2O4. The molecule has 116 valence electrons. The van der Waals surface area contributed by atoms with Crippen LogP contribution in [0.25, 0.3) is 0 Å². The second-order valence-corrected chi connectivity index (χ2v) is 5.63. The number of rotatable bonds is 5. The predicted molar refractivity (Wildman–Crippen MR) is 78.8 cm³/mol. The van der Waals surface area contributed by atoms with Gasteiger partial charge in [-0.05, 0) is 5.56 Å². The summed E-state index contributed by atoms with van der Waals surface area (Å²) in [6, 6.07) is 8.10. The zero-order valence-corrected chi connectivity index (χ0v) is 12.5. The lowest BCUT2D eigenvalue weighted by molar-refractivity contribution is -0.137. The van der Waals surface area contributed by atoms with E-state index in [2.05, 4.69) is 10.6 Å². The molecular weight excluding hydrogens is 284 g/mol. The minimum absolute atomic E-state index is 0.0358. The van der Waals surface area contributed by atoms with Gasteiger partial charge in [-0.15, -0.1) is 0 Å². The highest BCUT2D eigenvalue weighted by molar-refractivity contribution is 6.16. The van der Waals surface area contributed by atoms with E-state index in [-0.39, 0.29) is 18.1 Å². The summed E-state index contributed by atoms with van der Waals surface area (Å²) in [4.78, 5) is 47.5. The van der Waals surface area contributed by atoms with E-state index in [1.165, 1.54) is 0 Å². The van der Waals surface area contributed by atoms with Crippen LogP contribution in [0.15, 0.2) is 30.3 Å². The Bertz CT molecular complexity index is 590. The number of urea groups is 1. The molecule has 1 aromatic rings. The molecule has 0 aromatic heterocycles. The molecule has 1 fully saturated rings. The Morgan fingerprint density at radius 1 is 1.05 bits per heavy atom. The molecule has 1 aliphatic rings. The molecule has 2 rings (SSSR count). The highest BCUT2D eigenvalue weighted by Gasteiger charge is 2.41. The number of nitrogens with one attached hydrogen (secondary N) is 2. The molecule has 6 nitrogen and oxygen atoms in total. The molecule has 4 amide bonds. The van der Waals surface area contributed by atoms with Crippen molar-refractivity contribution < 1.29 is 19.2 Å². The van der Waals surface area contributed by atoms with Gasteiger partial charge in [0.15, 0.2) is 0 Å². The Balaban J connectivity index is 2.35. The number of imide groups is 2. The van der Waals surface area contributed by atoms with Crippen LogP contribution in [0.2, 0.25) is 0 Å². The Hall–Kier alpha value is -2.50. The number of carbonyl (C=O) groups is 4. The van der Waals surface area contributed by atoms with E-state index in [9.17, 15) is 19.2 Å². The summed E-state index contributed by atoms with van der Waals surface area (Å²) < 4.78 is 0. The maximum Gasteiger partial charge on any atom is 0.328 e. The molecule has 0 bridgehead atoms. The minimum Gasteiger partial charge on any atom is -0.299 e. The largest absolute Gasteiger partial charge is 0.328 e. The van der Waals surface area contributed by atoms with Crippen molar-refractivity contribution in [2.45, 2.75) is 26.2 Å². The van der Waals surface area contributed by atoms with E-state index in [4.69, 9.17) is 0 Å². The third-order valence-electron chi connectivity index (χ3n) is 3.73. The minimum atomic E-state index is -1.09. The van der Waals surface area contributed by atoms with Crippen LogP contribution in [0.3, 0.4) is 0 Å². The maximum atomic E-state index is 12.1. The van der Waals surface area contributed by atoms with Gasteiger partial charge in [-0.3, -0.25) is 25.0 Å². The van der Waals surface area contributed by atoms with Gasteiger partial charge in [0.2, 0.25) is 11.8 Å². The van der Waals surface area contributed by atoms with Crippen molar-refractivity contribution in [2.75, 3.05) is 0 Å². The zero-order chi connectivity index (χ0) is 16.3. The average molecular weight is 302 g/mol. The lowest BCUT2D eigenvalue weighted by Gasteiger charge is -2.28.